The Balaban J connectivity index is 1.21. The lowest BCUT2D eigenvalue weighted by Gasteiger charge is -2.55. The molecule has 4 bridgehead atoms. The van der Waals surface area contributed by atoms with E-state index >= 15 is 0 Å². The summed E-state index contributed by atoms with van der Waals surface area (Å²) in [5.74, 6) is 4.20. The first kappa shape index (κ1) is 15.3. The van der Waals surface area contributed by atoms with E-state index in [0.717, 1.165) is 41.8 Å². The first-order valence-electron chi connectivity index (χ1n) is 10.2. The zero-order valence-electron chi connectivity index (χ0n) is 14.6. The lowest BCUT2D eigenvalue weighted by Crippen LogP contribution is -3.30. The molecule has 1 saturated heterocycles. The molecule has 0 unspecified atom stereocenters. The third-order valence-corrected chi connectivity index (χ3v) is 7.70. The van der Waals surface area contributed by atoms with Crippen molar-refractivity contribution in [1.82, 2.24) is 0 Å². The predicted molar refractivity (Wildman–Crippen MR) is 92.3 cm³/mol. The fourth-order valence-electron chi connectivity index (χ4n) is 6.94. The van der Waals surface area contributed by atoms with E-state index in [4.69, 9.17) is 0 Å². The predicted octanol–water partition coefficient (Wildman–Crippen LogP) is 0.934. The maximum absolute atomic E-state index is 13.9. The molecule has 1 aromatic carbocycles. The topological polar surface area (TPSA) is 8.88 Å². The van der Waals surface area contributed by atoms with Gasteiger partial charge in [0.05, 0.1) is 6.04 Å². The average molecular weight is 330 g/mol. The molecule has 130 valence electrons. The van der Waals surface area contributed by atoms with E-state index in [1.807, 2.05) is 17.0 Å². The zero-order chi connectivity index (χ0) is 16.1. The van der Waals surface area contributed by atoms with Gasteiger partial charge in [0.25, 0.3) is 0 Å². The molecule has 1 heterocycles. The first-order chi connectivity index (χ1) is 11.8. The summed E-state index contributed by atoms with van der Waals surface area (Å²) in [6.07, 6.45) is 7.69. The monoisotopic (exact) mass is 330 g/mol. The van der Waals surface area contributed by atoms with Crippen LogP contribution in [0, 0.1) is 29.5 Å². The van der Waals surface area contributed by atoms with E-state index in [-0.39, 0.29) is 5.82 Å². The summed E-state index contributed by atoms with van der Waals surface area (Å²) < 4.78 is 13.9. The van der Waals surface area contributed by atoms with E-state index in [0.29, 0.717) is 0 Å². The number of hydrogen-bond donors (Lipinski definition) is 2. The molecule has 1 aromatic rings. The van der Waals surface area contributed by atoms with Gasteiger partial charge in [-0.1, -0.05) is 18.2 Å². The van der Waals surface area contributed by atoms with Crippen molar-refractivity contribution in [3.05, 3.63) is 35.6 Å². The quantitative estimate of drug-likeness (QED) is 0.816. The van der Waals surface area contributed by atoms with Gasteiger partial charge in [-0.05, 0) is 50.0 Å². The van der Waals surface area contributed by atoms with Gasteiger partial charge in [-0.3, -0.25) is 0 Å². The number of nitrogens with one attached hydrogen (secondary N) is 2. The highest BCUT2D eigenvalue weighted by molar-refractivity contribution is 5.15. The molecule has 2 N–H and O–H groups in total. The second-order valence-corrected chi connectivity index (χ2v) is 9.13. The Labute approximate surface area is 145 Å². The minimum absolute atomic E-state index is 0.0270. The molecule has 4 saturated carbocycles. The maximum Gasteiger partial charge on any atom is 0.132 e. The molecule has 0 amide bonds. The van der Waals surface area contributed by atoms with Gasteiger partial charge < -0.3 is 9.80 Å². The third kappa shape index (κ3) is 2.70. The van der Waals surface area contributed by atoms with E-state index in [1.54, 1.807) is 23.5 Å². The highest BCUT2D eigenvalue weighted by Crippen LogP contribution is 2.52. The van der Waals surface area contributed by atoms with E-state index in [9.17, 15) is 4.39 Å². The van der Waals surface area contributed by atoms with Crippen LogP contribution in [0.2, 0.25) is 0 Å². The van der Waals surface area contributed by atoms with Crippen molar-refractivity contribution >= 4 is 0 Å². The number of benzene rings is 1. The molecule has 0 spiro atoms. The van der Waals surface area contributed by atoms with Crippen LogP contribution in [0.15, 0.2) is 24.3 Å². The van der Waals surface area contributed by atoms with Crippen molar-refractivity contribution in [2.24, 2.45) is 23.7 Å². The standard InChI is InChI=1S/C21H29FN2/c22-20-4-2-1-3-17(20)14-23-5-7-24(8-6-23)21-18-10-15-9-16(12-18)13-19(21)11-15/h1-4,15-16,18-19,21H,5-14H2/p+2. The summed E-state index contributed by atoms with van der Waals surface area (Å²) in [5, 5.41) is 0. The van der Waals surface area contributed by atoms with Crippen molar-refractivity contribution in [2.45, 2.75) is 44.7 Å². The number of rotatable bonds is 3. The van der Waals surface area contributed by atoms with Crippen LogP contribution in [0.1, 0.15) is 37.7 Å². The van der Waals surface area contributed by atoms with Crippen molar-refractivity contribution in [3.63, 3.8) is 0 Å². The second-order valence-electron chi connectivity index (χ2n) is 9.13. The fourth-order valence-corrected chi connectivity index (χ4v) is 6.94. The number of piperazine rings is 1. The van der Waals surface area contributed by atoms with E-state index < -0.39 is 0 Å². The first-order valence-corrected chi connectivity index (χ1v) is 10.2. The highest BCUT2D eigenvalue weighted by Gasteiger charge is 2.52. The van der Waals surface area contributed by atoms with Crippen LogP contribution < -0.4 is 9.80 Å². The van der Waals surface area contributed by atoms with Gasteiger partial charge in [-0.15, -0.1) is 0 Å². The summed E-state index contributed by atoms with van der Waals surface area (Å²) in [6.45, 7) is 5.90. The maximum atomic E-state index is 13.9. The average Bonchev–Trinajstić information content (AvgIpc) is 2.57. The normalized spacial score (nSPS) is 44.0. The van der Waals surface area contributed by atoms with Gasteiger partial charge >= 0.3 is 0 Å². The summed E-state index contributed by atoms with van der Waals surface area (Å²) in [6, 6.07) is 8.29. The summed E-state index contributed by atoms with van der Waals surface area (Å²) in [5.41, 5.74) is 0.894. The van der Waals surface area contributed by atoms with Crippen molar-refractivity contribution in [2.75, 3.05) is 26.2 Å². The summed E-state index contributed by atoms with van der Waals surface area (Å²) >= 11 is 0. The lowest BCUT2D eigenvalue weighted by molar-refractivity contribution is -1.03. The SMILES string of the molecule is Fc1ccccc1C[NH+]1CC[NH+](C2C3CC4CC(C3)CC2C4)CC1. The molecule has 5 aliphatic rings. The van der Waals surface area contributed by atoms with Crippen LogP contribution in [0.25, 0.3) is 0 Å². The Bertz CT molecular complexity index is 565. The minimum Gasteiger partial charge on any atom is -0.323 e. The molecule has 24 heavy (non-hydrogen) atoms. The molecule has 0 atom stereocenters. The van der Waals surface area contributed by atoms with Gasteiger partial charge in [0, 0.05) is 17.4 Å². The Morgan fingerprint density at radius 2 is 1.46 bits per heavy atom. The van der Waals surface area contributed by atoms with E-state index in [1.165, 1.54) is 51.9 Å². The summed E-state index contributed by atoms with van der Waals surface area (Å²) in [4.78, 5) is 3.48. The molecule has 2 nitrogen and oxygen atoms in total. The lowest BCUT2D eigenvalue weighted by atomic mass is 9.54. The molecule has 6 rings (SSSR count). The van der Waals surface area contributed by atoms with Gasteiger partial charge in [-0.25, -0.2) is 4.39 Å². The molecule has 3 heteroatoms. The smallest absolute Gasteiger partial charge is 0.132 e. The minimum atomic E-state index is -0.0270. The third-order valence-electron chi connectivity index (χ3n) is 7.70. The van der Waals surface area contributed by atoms with Crippen LogP contribution in [-0.2, 0) is 6.54 Å². The molecule has 0 radical (unpaired) electrons. The Hall–Kier alpha value is -0.930. The van der Waals surface area contributed by atoms with Crippen LogP contribution in [-0.4, -0.2) is 32.2 Å². The van der Waals surface area contributed by atoms with E-state index in [2.05, 4.69) is 0 Å². The largest absolute Gasteiger partial charge is 0.323 e. The second kappa shape index (κ2) is 6.10. The van der Waals surface area contributed by atoms with Crippen molar-refractivity contribution in [3.8, 4) is 0 Å². The Kier molecular flexibility index (Phi) is 3.90. The van der Waals surface area contributed by atoms with Crippen molar-refractivity contribution in [1.29, 1.82) is 0 Å². The molecule has 0 aromatic heterocycles. The van der Waals surface area contributed by atoms with Gasteiger partial charge in [0.2, 0.25) is 0 Å². The Morgan fingerprint density at radius 3 is 2.08 bits per heavy atom. The van der Waals surface area contributed by atoms with Crippen LogP contribution in [0.5, 0.6) is 0 Å². The van der Waals surface area contributed by atoms with Gasteiger partial charge in [-0.2, -0.15) is 0 Å². The van der Waals surface area contributed by atoms with Crippen molar-refractivity contribution < 1.29 is 14.2 Å². The number of halogens is 1. The van der Waals surface area contributed by atoms with Gasteiger partial charge in [0.1, 0.15) is 38.5 Å². The van der Waals surface area contributed by atoms with Gasteiger partial charge in [0.15, 0.2) is 0 Å². The number of quaternary nitrogens is 2. The Morgan fingerprint density at radius 1 is 0.833 bits per heavy atom. The van der Waals surface area contributed by atoms with Crippen LogP contribution >= 0.6 is 0 Å². The zero-order valence-corrected chi connectivity index (χ0v) is 14.6. The molecule has 1 aliphatic heterocycles. The molecular formula is C21H31FN2+2. The molecule has 5 fully saturated rings. The fraction of sp³-hybridized carbons (Fsp3) is 0.714. The molecular weight excluding hydrogens is 299 g/mol. The molecule has 4 aliphatic carbocycles. The van der Waals surface area contributed by atoms with Crippen LogP contribution in [0.3, 0.4) is 0 Å². The van der Waals surface area contributed by atoms with Crippen LogP contribution in [0.4, 0.5) is 4.39 Å². The number of hydrogen-bond acceptors (Lipinski definition) is 0. The highest BCUT2D eigenvalue weighted by atomic mass is 19.1. The summed E-state index contributed by atoms with van der Waals surface area (Å²) in [7, 11) is 0.